The third-order valence-corrected chi connectivity index (χ3v) is 2.39. The minimum atomic E-state index is -0.0434. The second kappa shape index (κ2) is 5.34. The molecule has 0 saturated heterocycles. The van der Waals surface area contributed by atoms with Crippen LogP contribution in [0.2, 0.25) is 0 Å². The van der Waals surface area contributed by atoms with Crippen LogP contribution in [0, 0.1) is 0 Å². The average molecular weight is 246 g/mol. The van der Waals surface area contributed by atoms with E-state index in [9.17, 15) is 0 Å². The molecule has 4 heteroatoms. The zero-order chi connectivity index (χ0) is 9.68. The Labute approximate surface area is 85.6 Å². The van der Waals surface area contributed by atoms with Crippen molar-refractivity contribution >= 4 is 15.9 Å². The van der Waals surface area contributed by atoms with Gasteiger partial charge in [-0.1, -0.05) is 28.1 Å². The van der Waals surface area contributed by atoms with Crippen LogP contribution < -0.4 is 5.90 Å². The van der Waals surface area contributed by atoms with E-state index >= 15 is 0 Å². The lowest BCUT2D eigenvalue weighted by molar-refractivity contribution is 0.101. The van der Waals surface area contributed by atoms with Gasteiger partial charge >= 0.3 is 0 Å². The van der Waals surface area contributed by atoms with Crippen molar-refractivity contribution in [1.29, 1.82) is 0 Å². The second-order valence-corrected chi connectivity index (χ2v) is 3.68. The van der Waals surface area contributed by atoms with E-state index in [1.807, 2.05) is 24.3 Å². The maximum absolute atomic E-state index is 9.03. The number of halogens is 1. The summed E-state index contributed by atoms with van der Waals surface area (Å²) < 4.78 is 1.02. The van der Waals surface area contributed by atoms with Gasteiger partial charge in [0.25, 0.3) is 0 Å². The van der Waals surface area contributed by atoms with Crippen LogP contribution in [0.3, 0.4) is 0 Å². The predicted molar refractivity (Wildman–Crippen MR) is 54.1 cm³/mol. The van der Waals surface area contributed by atoms with E-state index in [1.165, 1.54) is 0 Å². The number of aliphatic hydroxyl groups is 1. The Morgan fingerprint density at radius 1 is 1.38 bits per heavy atom. The number of hydrogen-bond acceptors (Lipinski definition) is 3. The van der Waals surface area contributed by atoms with E-state index in [0.29, 0.717) is 6.61 Å². The summed E-state index contributed by atoms with van der Waals surface area (Å²) in [5, 5.41) is 9.03. The van der Waals surface area contributed by atoms with Crippen LogP contribution in [0.25, 0.3) is 0 Å². The van der Waals surface area contributed by atoms with Crippen LogP contribution >= 0.6 is 15.9 Å². The fourth-order valence-corrected chi connectivity index (χ4v) is 1.37. The Morgan fingerprint density at radius 2 is 2.00 bits per heavy atom. The molecule has 0 fully saturated rings. The van der Waals surface area contributed by atoms with Crippen molar-refractivity contribution < 1.29 is 9.94 Å². The van der Waals surface area contributed by atoms with Gasteiger partial charge in [0.05, 0.1) is 13.2 Å². The van der Waals surface area contributed by atoms with Crippen LogP contribution in [0.1, 0.15) is 11.5 Å². The van der Waals surface area contributed by atoms with Crippen LogP contribution in [0.4, 0.5) is 0 Å². The van der Waals surface area contributed by atoms with E-state index in [-0.39, 0.29) is 12.5 Å². The summed E-state index contributed by atoms with van der Waals surface area (Å²) in [7, 11) is 0. The number of hydrogen-bond donors (Lipinski definition) is 2. The molecule has 0 aliphatic rings. The monoisotopic (exact) mass is 245 g/mol. The summed E-state index contributed by atoms with van der Waals surface area (Å²) >= 11 is 3.34. The summed E-state index contributed by atoms with van der Waals surface area (Å²) in [6.07, 6.45) is 0. The molecule has 0 aromatic heterocycles. The molecule has 1 unspecified atom stereocenters. The molecule has 0 spiro atoms. The van der Waals surface area contributed by atoms with Crippen molar-refractivity contribution in [3.05, 3.63) is 34.3 Å². The van der Waals surface area contributed by atoms with Crippen molar-refractivity contribution in [2.45, 2.75) is 5.92 Å². The Hall–Kier alpha value is -0.420. The van der Waals surface area contributed by atoms with Crippen molar-refractivity contribution in [2.75, 3.05) is 13.2 Å². The first kappa shape index (κ1) is 10.7. The van der Waals surface area contributed by atoms with Crippen molar-refractivity contribution in [3.8, 4) is 0 Å². The van der Waals surface area contributed by atoms with Gasteiger partial charge in [-0.25, -0.2) is 5.90 Å². The van der Waals surface area contributed by atoms with Crippen LogP contribution in [0.15, 0.2) is 28.7 Å². The van der Waals surface area contributed by atoms with Gasteiger partial charge in [0.2, 0.25) is 0 Å². The first-order chi connectivity index (χ1) is 6.27. The third-order valence-electron chi connectivity index (χ3n) is 1.86. The Morgan fingerprint density at radius 3 is 2.46 bits per heavy atom. The molecule has 0 heterocycles. The van der Waals surface area contributed by atoms with E-state index in [1.54, 1.807) is 0 Å². The van der Waals surface area contributed by atoms with Crippen LogP contribution in [-0.2, 0) is 4.84 Å². The van der Waals surface area contributed by atoms with Gasteiger partial charge in [-0.3, -0.25) is 0 Å². The van der Waals surface area contributed by atoms with Gasteiger partial charge in [-0.05, 0) is 17.7 Å². The first-order valence-corrected chi connectivity index (χ1v) is 4.75. The van der Waals surface area contributed by atoms with Gasteiger partial charge in [0, 0.05) is 10.4 Å². The summed E-state index contributed by atoms with van der Waals surface area (Å²) in [5.41, 5.74) is 1.02. The maximum atomic E-state index is 9.03. The number of rotatable bonds is 4. The van der Waals surface area contributed by atoms with Gasteiger partial charge in [0.1, 0.15) is 0 Å². The summed E-state index contributed by atoms with van der Waals surface area (Å²) in [5.74, 6) is 4.91. The molecular weight excluding hydrogens is 234 g/mol. The molecule has 0 aliphatic heterocycles. The molecule has 13 heavy (non-hydrogen) atoms. The fraction of sp³-hybridized carbons (Fsp3) is 0.333. The fourth-order valence-electron chi connectivity index (χ4n) is 1.11. The summed E-state index contributed by atoms with van der Waals surface area (Å²) in [4.78, 5) is 4.51. The second-order valence-electron chi connectivity index (χ2n) is 2.76. The molecule has 1 aromatic carbocycles. The van der Waals surface area contributed by atoms with Gasteiger partial charge in [0.15, 0.2) is 0 Å². The molecule has 0 radical (unpaired) electrons. The largest absolute Gasteiger partial charge is 0.396 e. The SMILES string of the molecule is NOCC(CO)c1ccc(Br)cc1. The summed E-state index contributed by atoms with van der Waals surface area (Å²) in [6, 6.07) is 7.72. The van der Waals surface area contributed by atoms with Crippen molar-refractivity contribution in [3.63, 3.8) is 0 Å². The van der Waals surface area contributed by atoms with E-state index in [4.69, 9.17) is 11.0 Å². The maximum Gasteiger partial charge on any atom is 0.0769 e. The molecule has 0 bridgehead atoms. The molecule has 1 aromatic rings. The lowest BCUT2D eigenvalue weighted by Crippen LogP contribution is -2.14. The zero-order valence-electron chi connectivity index (χ0n) is 7.11. The van der Waals surface area contributed by atoms with Crippen LogP contribution in [-0.4, -0.2) is 18.3 Å². The van der Waals surface area contributed by atoms with E-state index in [0.717, 1.165) is 10.0 Å². The average Bonchev–Trinajstić information content (AvgIpc) is 2.16. The number of aliphatic hydroxyl groups excluding tert-OH is 1. The standard InChI is InChI=1S/C9H12BrNO2/c10-9-3-1-7(2-4-9)8(5-12)6-13-11/h1-4,8,12H,5-6,11H2. The highest BCUT2D eigenvalue weighted by Crippen LogP contribution is 2.18. The normalized spacial score (nSPS) is 12.8. The van der Waals surface area contributed by atoms with E-state index in [2.05, 4.69) is 20.8 Å². The van der Waals surface area contributed by atoms with Gasteiger partial charge in [-0.2, -0.15) is 0 Å². The highest BCUT2D eigenvalue weighted by molar-refractivity contribution is 9.10. The zero-order valence-corrected chi connectivity index (χ0v) is 8.70. The molecule has 0 saturated carbocycles. The Kier molecular flexibility index (Phi) is 4.38. The highest BCUT2D eigenvalue weighted by atomic mass is 79.9. The number of nitrogens with two attached hydrogens (primary N) is 1. The molecular formula is C9H12BrNO2. The number of benzene rings is 1. The molecule has 3 N–H and O–H groups in total. The molecule has 3 nitrogen and oxygen atoms in total. The molecule has 72 valence electrons. The third kappa shape index (κ3) is 3.08. The van der Waals surface area contributed by atoms with Crippen LogP contribution in [0.5, 0.6) is 0 Å². The molecule has 1 atom stereocenters. The minimum absolute atomic E-state index is 0.0405. The lowest BCUT2D eigenvalue weighted by atomic mass is 10.0. The van der Waals surface area contributed by atoms with Gasteiger partial charge in [-0.15, -0.1) is 0 Å². The smallest absolute Gasteiger partial charge is 0.0769 e. The predicted octanol–water partition coefficient (Wildman–Crippen LogP) is 1.42. The molecule has 0 aliphatic carbocycles. The molecule has 0 amide bonds. The van der Waals surface area contributed by atoms with Crippen molar-refractivity contribution in [1.82, 2.24) is 0 Å². The lowest BCUT2D eigenvalue weighted by Gasteiger charge is -2.12. The minimum Gasteiger partial charge on any atom is -0.396 e. The highest BCUT2D eigenvalue weighted by Gasteiger charge is 2.09. The van der Waals surface area contributed by atoms with Gasteiger partial charge < -0.3 is 9.94 Å². The Balaban J connectivity index is 2.73. The topological polar surface area (TPSA) is 55.5 Å². The molecule has 1 rings (SSSR count). The van der Waals surface area contributed by atoms with E-state index < -0.39 is 0 Å². The van der Waals surface area contributed by atoms with Crippen molar-refractivity contribution in [2.24, 2.45) is 5.90 Å². The Bertz CT molecular complexity index is 250. The first-order valence-electron chi connectivity index (χ1n) is 3.96. The summed E-state index contributed by atoms with van der Waals surface area (Å²) in [6.45, 7) is 0.372. The quantitative estimate of drug-likeness (QED) is 0.790.